The molecule has 1 rings (SSSR count). The van der Waals surface area contributed by atoms with Gasteiger partial charge in [-0.2, -0.15) is 0 Å². The fourth-order valence-corrected chi connectivity index (χ4v) is 2.20. The van der Waals surface area contributed by atoms with Crippen LogP contribution in [0.1, 0.15) is 48.6 Å². The fourth-order valence-electron chi connectivity index (χ4n) is 1.38. The normalized spacial score (nSPS) is 12.8. The third-order valence-corrected chi connectivity index (χ3v) is 3.60. The third kappa shape index (κ3) is 4.48. The van der Waals surface area contributed by atoms with Crippen LogP contribution < -0.4 is 5.32 Å². The summed E-state index contributed by atoms with van der Waals surface area (Å²) >= 11 is 1.41. The maximum Gasteiger partial charge on any atom is 0.326 e. The summed E-state index contributed by atoms with van der Waals surface area (Å²) in [6.07, 6.45) is 3.72. The minimum atomic E-state index is -1.05. The van der Waals surface area contributed by atoms with Gasteiger partial charge in [-0.25, -0.2) is 9.78 Å². The summed E-state index contributed by atoms with van der Waals surface area (Å²) in [5.41, 5.74) is 0.278. The number of amides is 1. The van der Waals surface area contributed by atoms with E-state index in [1.54, 1.807) is 24.5 Å². The third-order valence-electron chi connectivity index (χ3n) is 2.46. The van der Waals surface area contributed by atoms with E-state index in [2.05, 4.69) is 10.3 Å². The predicted molar refractivity (Wildman–Crippen MR) is 74.5 cm³/mol. The average Bonchev–Trinajstić information content (AvgIpc) is 2.83. The Morgan fingerprint density at radius 3 is 2.68 bits per heavy atom. The van der Waals surface area contributed by atoms with E-state index >= 15 is 0 Å². The first-order valence-corrected chi connectivity index (χ1v) is 6.94. The Hall–Kier alpha value is -1.69. The van der Waals surface area contributed by atoms with Crippen LogP contribution in [0.25, 0.3) is 0 Å². The number of nitrogens with zero attached hydrogens (tertiary/aromatic N) is 1. The molecule has 19 heavy (non-hydrogen) atoms. The van der Waals surface area contributed by atoms with Crippen LogP contribution in [-0.4, -0.2) is 28.0 Å². The number of hydrogen-bond acceptors (Lipinski definition) is 4. The molecule has 0 bridgehead atoms. The van der Waals surface area contributed by atoms with Crippen molar-refractivity contribution in [1.82, 2.24) is 10.3 Å². The number of nitrogens with one attached hydrogen (secondary N) is 1. The summed E-state index contributed by atoms with van der Waals surface area (Å²) in [7, 11) is 0. The Bertz CT molecular complexity index is 480. The molecular weight excluding hydrogens is 264 g/mol. The number of rotatable bonds is 6. The van der Waals surface area contributed by atoms with Gasteiger partial charge in [0.1, 0.15) is 11.7 Å². The van der Waals surface area contributed by atoms with Gasteiger partial charge in [0.05, 0.1) is 5.01 Å². The van der Waals surface area contributed by atoms with Gasteiger partial charge in [0.25, 0.3) is 5.91 Å². The highest BCUT2D eigenvalue weighted by Gasteiger charge is 2.21. The van der Waals surface area contributed by atoms with Crippen LogP contribution in [0.5, 0.6) is 0 Å². The first-order valence-electron chi connectivity index (χ1n) is 6.06. The maximum atomic E-state index is 11.9. The van der Waals surface area contributed by atoms with E-state index in [0.717, 1.165) is 5.01 Å². The van der Waals surface area contributed by atoms with Gasteiger partial charge >= 0.3 is 5.97 Å². The smallest absolute Gasteiger partial charge is 0.326 e. The molecule has 1 unspecified atom stereocenters. The van der Waals surface area contributed by atoms with Gasteiger partial charge in [0, 0.05) is 11.3 Å². The van der Waals surface area contributed by atoms with Gasteiger partial charge in [0.15, 0.2) is 0 Å². The molecule has 0 aromatic carbocycles. The van der Waals surface area contributed by atoms with Crippen LogP contribution in [0.3, 0.4) is 0 Å². The van der Waals surface area contributed by atoms with Crippen molar-refractivity contribution < 1.29 is 14.7 Å². The van der Waals surface area contributed by atoms with Crippen molar-refractivity contribution in [2.24, 2.45) is 0 Å². The zero-order valence-electron chi connectivity index (χ0n) is 11.2. The van der Waals surface area contributed by atoms with Gasteiger partial charge in [-0.15, -0.1) is 11.3 Å². The van der Waals surface area contributed by atoms with E-state index < -0.39 is 17.9 Å². The average molecular weight is 282 g/mol. The van der Waals surface area contributed by atoms with Crippen molar-refractivity contribution in [2.45, 2.75) is 39.2 Å². The fraction of sp³-hybridized carbons (Fsp3) is 0.462. The minimum absolute atomic E-state index is 0.254. The number of aromatic nitrogens is 1. The second-order valence-corrected chi connectivity index (χ2v) is 5.28. The lowest BCUT2D eigenvalue weighted by Crippen LogP contribution is -2.40. The van der Waals surface area contributed by atoms with Crippen molar-refractivity contribution in [2.75, 3.05) is 0 Å². The number of hydrogen-bond donors (Lipinski definition) is 2. The van der Waals surface area contributed by atoms with Crippen LogP contribution in [0.2, 0.25) is 0 Å². The molecule has 5 nitrogen and oxygen atoms in total. The summed E-state index contributed by atoms with van der Waals surface area (Å²) in [6.45, 7) is 5.79. The molecule has 0 saturated heterocycles. The molecule has 0 fully saturated rings. The molecule has 0 aliphatic rings. The number of aliphatic carboxylic acids is 1. The lowest BCUT2D eigenvalue weighted by atomic mass is 10.2. The van der Waals surface area contributed by atoms with E-state index in [0.29, 0.717) is 0 Å². The second kappa shape index (κ2) is 7.04. The maximum absolute atomic E-state index is 11.9. The van der Waals surface area contributed by atoms with Crippen LogP contribution >= 0.6 is 11.3 Å². The number of carbonyl (C=O) groups excluding carboxylic acids is 1. The zero-order chi connectivity index (χ0) is 14.4. The Labute approximate surface area is 116 Å². The van der Waals surface area contributed by atoms with Crippen LogP contribution in [0.15, 0.2) is 17.5 Å². The summed E-state index contributed by atoms with van der Waals surface area (Å²) in [5.74, 6) is -1.24. The number of thiazole rings is 1. The number of carbonyl (C=O) groups is 2. The Kier molecular flexibility index (Phi) is 5.69. The molecule has 1 atom stereocenters. The molecule has 1 amide bonds. The molecule has 2 N–H and O–H groups in total. The van der Waals surface area contributed by atoms with Crippen LogP contribution in [0.4, 0.5) is 0 Å². The van der Waals surface area contributed by atoms with Crippen molar-refractivity contribution in [3.8, 4) is 0 Å². The van der Waals surface area contributed by atoms with Gasteiger partial charge in [-0.1, -0.05) is 26.0 Å². The lowest BCUT2D eigenvalue weighted by Gasteiger charge is -2.11. The van der Waals surface area contributed by atoms with E-state index in [1.807, 2.05) is 13.8 Å². The number of carboxylic acids is 1. The van der Waals surface area contributed by atoms with Gasteiger partial charge in [-0.05, 0) is 13.3 Å². The molecule has 0 aliphatic carbocycles. The highest BCUT2D eigenvalue weighted by Crippen LogP contribution is 2.19. The monoisotopic (exact) mass is 282 g/mol. The summed E-state index contributed by atoms with van der Waals surface area (Å²) in [4.78, 5) is 27.1. The van der Waals surface area contributed by atoms with Gasteiger partial charge in [-0.3, -0.25) is 4.79 Å². The topological polar surface area (TPSA) is 79.3 Å². The van der Waals surface area contributed by atoms with Gasteiger partial charge < -0.3 is 10.4 Å². The molecule has 0 aliphatic heterocycles. The van der Waals surface area contributed by atoms with E-state index in [1.165, 1.54) is 11.3 Å². The van der Waals surface area contributed by atoms with Crippen molar-refractivity contribution in [3.63, 3.8) is 0 Å². The van der Waals surface area contributed by atoms with Crippen molar-refractivity contribution >= 4 is 23.2 Å². The summed E-state index contributed by atoms with van der Waals surface area (Å²) < 4.78 is 0. The van der Waals surface area contributed by atoms with E-state index in [9.17, 15) is 9.59 Å². The molecule has 0 saturated carbocycles. The molecule has 0 radical (unpaired) electrons. The predicted octanol–water partition coefficient (Wildman–Crippen LogP) is 2.42. The van der Waals surface area contributed by atoms with Crippen LogP contribution in [0, 0.1) is 0 Å². The molecular formula is C13H18N2O3S. The first-order chi connectivity index (χ1) is 8.95. The van der Waals surface area contributed by atoms with Crippen molar-refractivity contribution in [1.29, 1.82) is 0 Å². The van der Waals surface area contributed by atoms with Crippen LogP contribution in [-0.2, 0) is 4.79 Å². The molecule has 104 valence electrons. The quantitative estimate of drug-likeness (QED) is 0.785. The van der Waals surface area contributed by atoms with Gasteiger partial charge in [0.2, 0.25) is 0 Å². The highest BCUT2D eigenvalue weighted by atomic mass is 32.1. The number of allylic oxidation sites excluding steroid dienone is 1. The molecule has 1 aromatic heterocycles. The van der Waals surface area contributed by atoms with Crippen molar-refractivity contribution in [3.05, 3.63) is 28.2 Å². The van der Waals surface area contributed by atoms with E-state index in [4.69, 9.17) is 5.11 Å². The largest absolute Gasteiger partial charge is 0.480 e. The highest BCUT2D eigenvalue weighted by molar-refractivity contribution is 7.09. The summed E-state index contributed by atoms with van der Waals surface area (Å²) in [5, 5.41) is 14.0. The lowest BCUT2D eigenvalue weighted by molar-refractivity contribution is -0.139. The Morgan fingerprint density at radius 2 is 2.21 bits per heavy atom. The SMILES string of the molecule is C/C=C/CC(NC(=O)c1csc(C(C)C)n1)C(=O)O. The first kappa shape index (κ1) is 15.4. The molecule has 0 spiro atoms. The Balaban J connectivity index is 2.72. The number of carboxylic acid groups (broad SMARTS) is 1. The molecule has 1 heterocycles. The Morgan fingerprint density at radius 1 is 1.53 bits per heavy atom. The second-order valence-electron chi connectivity index (χ2n) is 4.39. The zero-order valence-corrected chi connectivity index (χ0v) is 12.0. The standard InChI is InChI=1S/C13H18N2O3S/c1-4-5-6-9(13(17)18)14-11(16)10-7-19-12(15-10)8(2)3/h4-5,7-9H,6H2,1-3H3,(H,14,16)(H,17,18)/b5-4+. The molecule has 1 aromatic rings. The summed E-state index contributed by atoms with van der Waals surface area (Å²) in [6, 6.07) is -0.923. The minimum Gasteiger partial charge on any atom is -0.480 e. The molecule has 6 heteroatoms. The van der Waals surface area contributed by atoms with E-state index in [-0.39, 0.29) is 18.0 Å².